The van der Waals surface area contributed by atoms with Crippen LogP contribution in [0.1, 0.15) is 28.8 Å². The second-order valence-corrected chi connectivity index (χ2v) is 10.1. The van der Waals surface area contributed by atoms with Crippen molar-refractivity contribution < 1.29 is 23.2 Å². The van der Waals surface area contributed by atoms with Gasteiger partial charge in [-0.25, -0.2) is 13.2 Å². The highest BCUT2D eigenvalue weighted by Crippen LogP contribution is 2.32. The number of nitrogens with one attached hydrogen (secondary N) is 1. The van der Waals surface area contributed by atoms with Gasteiger partial charge in [0.2, 0.25) is 10.0 Å². The van der Waals surface area contributed by atoms with Crippen molar-refractivity contribution in [2.75, 3.05) is 0 Å². The summed E-state index contributed by atoms with van der Waals surface area (Å²) in [6.45, 7) is 0.132. The molecule has 0 fully saturated rings. The third-order valence-corrected chi connectivity index (χ3v) is 7.97. The highest BCUT2D eigenvalue weighted by Gasteiger charge is 2.37. The van der Waals surface area contributed by atoms with Crippen LogP contribution in [0.25, 0.3) is 0 Å². The fourth-order valence-electron chi connectivity index (χ4n) is 4.26. The molecule has 0 bridgehead atoms. The Hall–Kier alpha value is -3.83. The van der Waals surface area contributed by atoms with Gasteiger partial charge in [-0.15, -0.1) is 0 Å². The minimum atomic E-state index is -4.23. The number of hydrogen-bond donors (Lipinski definition) is 2. The van der Waals surface area contributed by atoms with E-state index in [1.165, 1.54) is 28.6 Å². The summed E-state index contributed by atoms with van der Waals surface area (Å²) in [5, 5.41) is 22.7. The smallest absolute Gasteiger partial charge is 0.404 e. The monoisotopic (exact) mass is 496 g/mol. The lowest BCUT2D eigenvalue weighted by Gasteiger charge is -2.34. The lowest BCUT2D eigenvalue weighted by Crippen LogP contribution is -2.43. The number of para-hydroxylation sites is 1. The van der Waals surface area contributed by atoms with Crippen LogP contribution in [0.5, 0.6) is 0 Å². The Balaban J connectivity index is 1.69. The van der Waals surface area contributed by atoms with Crippen LogP contribution in [-0.2, 0) is 36.0 Å². The van der Waals surface area contributed by atoms with Crippen LogP contribution in [-0.4, -0.2) is 39.9 Å². The summed E-state index contributed by atoms with van der Waals surface area (Å²) in [7, 11) is -4.23. The third kappa shape index (κ3) is 5.47. The van der Waals surface area contributed by atoms with E-state index in [4.69, 9.17) is 5.11 Å². The molecule has 182 valence electrons. The molecule has 0 radical (unpaired) electrons. The van der Waals surface area contributed by atoms with Crippen molar-refractivity contribution in [2.45, 2.75) is 43.3 Å². The first-order valence-electron chi connectivity index (χ1n) is 11.0. The molecule has 1 aromatic heterocycles. The Bertz CT molecular complexity index is 1340. The lowest BCUT2D eigenvalue weighted by atomic mass is 9.92. The van der Waals surface area contributed by atoms with Gasteiger partial charge in [-0.2, -0.15) is 4.31 Å². The normalized spacial score (nSPS) is 15.4. The maximum absolute atomic E-state index is 13.8. The SMILES string of the molecule is O=C(O)NCc1ccc(CN(C2CCc3cccnc3C2)S(=O)(=O)c2ccccc2[N+](=O)[O-])cc1. The molecular formula is C24H24N4O6S. The topological polar surface area (TPSA) is 143 Å². The van der Waals surface area contributed by atoms with E-state index in [2.05, 4.69) is 10.3 Å². The zero-order valence-electron chi connectivity index (χ0n) is 18.7. The van der Waals surface area contributed by atoms with Crippen molar-refractivity contribution in [3.05, 3.63) is 99.4 Å². The van der Waals surface area contributed by atoms with E-state index in [0.29, 0.717) is 24.8 Å². The molecule has 1 aliphatic carbocycles. The van der Waals surface area contributed by atoms with Crippen LogP contribution in [0.3, 0.4) is 0 Å². The molecule has 0 aliphatic heterocycles. The van der Waals surface area contributed by atoms with Gasteiger partial charge in [0.1, 0.15) is 0 Å². The van der Waals surface area contributed by atoms with Crippen molar-refractivity contribution >= 4 is 21.8 Å². The van der Waals surface area contributed by atoms with Crippen LogP contribution in [0.15, 0.2) is 71.8 Å². The average molecular weight is 497 g/mol. The number of nitro groups is 1. The molecule has 1 aliphatic rings. The predicted molar refractivity (Wildman–Crippen MR) is 127 cm³/mol. The Kier molecular flexibility index (Phi) is 7.08. The molecule has 1 atom stereocenters. The number of benzene rings is 2. The number of fused-ring (bicyclic) bond motifs is 1. The highest BCUT2D eigenvalue weighted by atomic mass is 32.2. The molecule has 1 heterocycles. The second kappa shape index (κ2) is 10.2. The number of pyridine rings is 1. The van der Waals surface area contributed by atoms with E-state index in [1.54, 1.807) is 30.5 Å². The number of sulfonamides is 1. The number of rotatable bonds is 8. The number of carboxylic acid groups (broad SMARTS) is 1. The zero-order valence-corrected chi connectivity index (χ0v) is 19.5. The Labute approximate surface area is 202 Å². The van der Waals surface area contributed by atoms with Gasteiger partial charge < -0.3 is 10.4 Å². The number of aryl methyl sites for hydroxylation is 1. The molecule has 35 heavy (non-hydrogen) atoms. The Morgan fingerprint density at radius 3 is 2.54 bits per heavy atom. The van der Waals surface area contributed by atoms with Gasteiger partial charge in [0.15, 0.2) is 4.90 Å². The van der Waals surface area contributed by atoms with Gasteiger partial charge in [-0.1, -0.05) is 42.5 Å². The first-order valence-corrected chi connectivity index (χ1v) is 12.4. The van der Waals surface area contributed by atoms with E-state index in [9.17, 15) is 23.3 Å². The van der Waals surface area contributed by atoms with Crippen molar-refractivity contribution in [1.82, 2.24) is 14.6 Å². The Morgan fingerprint density at radius 2 is 1.83 bits per heavy atom. The number of aromatic nitrogens is 1. The van der Waals surface area contributed by atoms with Crippen molar-refractivity contribution in [3.63, 3.8) is 0 Å². The molecule has 1 amide bonds. The van der Waals surface area contributed by atoms with Crippen LogP contribution in [0, 0.1) is 10.1 Å². The van der Waals surface area contributed by atoms with Gasteiger partial charge in [-0.05, 0) is 41.7 Å². The quantitative estimate of drug-likeness (QED) is 0.359. The largest absolute Gasteiger partial charge is 0.465 e. The van der Waals surface area contributed by atoms with Crippen LogP contribution < -0.4 is 5.32 Å². The summed E-state index contributed by atoms with van der Waals surface area (Å²) in [6, 6.07) is 15.7. The summed E-state index contributed by atoms with van der Waals surface area (Å²) in [6.07, 6.45) is 2.14. The first kappa shape index (κ1) is 24.3. The molecule has 0 spiro atoms. The number of nitrogens with zero attached hydrogens (tertiary/aromatic N) is 3. The molecule has 2 aromatic carbocycles. The van der Waals surface area contributed by atoms with Crippen LogP contribution in [0.2, 0.25) is 0 Å². The molecule has 0 saturated carbocycles. The van der Waals surface area contributed by atoms with E-state index in [1.807, 2.05) is 12.1 Å². The fraction of sp³-hybridized carbons (Fsp3) is 0.250. The standard InChI is InChI=1S/C24H24N4O6S/c29-24(30)26-15-17-7-9-18(10-8-17)16-27(20-12-11-19-4-3-13-25-21(19)14-20)35(33,34)23-6-2-1-5-22(23)28(31)32/h1-10,13,20,26H,11-12,14-16H2,(H,29,30). The fourth-order valence-corrected chi connectivity index (χ4v) is 6.06. The van der Waals surface area contributed by atoms with E-state index >= 15 is 0 Å². The summed E-state index contributed by atoms with van der Waals surface area (Å²) >= 11 is 0. The van der Waals surface area contributed by atoms with Gasteiger partial charge in [-0.3, -0.25) is 15.1 Å². The van der Waals surface area contributed by atoms with E-state index < -0.39 is 32.8 Å². The van der Waals surface area contributed by atoms with Gasteiger partial charge in [0.05, 0.1) is 4.92 Å². The molecule has 4 rings (SSSR count). The maximum Gasteiger partial charge on any atom is 0.404 e. The van der Waals surface area contributed by atoms with E-state index in [-0.39, 0.29) is 18.0 Å². The lowest BCUT2D eigenvalue weighted by molar-refractivity contribution is -0.387. The maximum atomic E-state index is 13.8. The number of carbonyl (C=O) groups is 1. The molecule has 3 aromatic rings. The summed E-state index contributed by atoms with van der Waals surface area (Å²) in [4.78, 5) is 25.7. The molecule has 0 saturated heterocycles. The second-order valence-electron chi connectivity index (χ2n) is 8.26. The average Bonchev–Trinajstić information content (AvgIpc) is 2.86. The van der Waals surface area contributed by atoms with Gasteiger partial charge in [0, 0.05) is 43.5 Å². The summed E-state index contributed by atoms with van der Waals surface area (Å²) < 4.78 is 29.0. The molecular weight excluding hydrogens is 472 g/mol. The predicted octanol–water partition coefficient (Wildman–Crippen LogP) is 3.51. The zero-order chi connectivity index (χ0) is 25.0. The minimum Gasteiger partial charge on any atom is -0.465 e. The third-order valence-electron chi connectivity index (χ3n) is 6.02. The number of hydrogen-bond acceptors (Lipinski definition) is 6. The van der Waals surface area contributed by atoms with Crippen molar-refractivity contribution in [2.24, 2.45) is 0 Å². The molecule has 11 heteroatoms. The molecule has 10 nitrogen and oxygen atoms in total. The van der Waals surface area contributed by atoms with Crippen molar-refractivity contribution in [3.8, 4) is 0 Å². The number of amides is 1. The minimum absolute atomic E-state index is 0.00779. The first-order chi connectivity index (χ1) is 16.8. The Morgan fingerprint density at radius 1 is 1.11 bits per heavy atom. The highest BCUT2D eigenvalue weighted by molar-refractivity contribution is 7.89. The summed E-state index contributed by atoms with van der Waals surface area (Å²) in [5.74, 6) is 0. The van der Waals surface area contributed by atoms with E-state index in [0.717, 1.165) is 16.8 Å². The van der Waals surface area contributed by atoms with Crippen molar-refractivity contribution in [1.29, 1.82) is 0 Å². The number of nitro benzene ring substituents is 1. The summed E-state index contributed by atoms with van der Waals surface area (Å²) in [5.41, 5.74) is 2.82. The van der Waals surface area contributed by atoms with Gasteiger partial charge in [0.25, 0.3) is 5.69 Å². The van der Waals surface area contributed by atoms with Crippen LogP contribution >= 0.6 is 0 Å². The molecule has 2 N–H and O–H groups in total. The van der Waals surface area contributed by atoms with Crippen LogP contribution in [0.4, 0.5) is 10.5 Å². The molecule has 1 unspecified atom stereocenters. The van der Waals surface area contributed by atoms with Gasteiger partial charge >= 0.3 is 6.09 Å².